The van der Waals surface area contributed by atoms with E-state index in [4.69, 9.17) is 11.6 Å². The summed E-state index contributed by atoms with van der Waals surface area (Å²) >= 11 is 9.13. The molecule has 5 nitrogen and oxygen atoms in total. The lowest BCUT2D eigenvalue weighted by Crippen LogP contribution is -2.16. The first kappa shape index (κ1) is 16.1. The molecule has 0 aliphatic heterocycles. The van der Waals surface area contributed by atoms with Crippen LogP contribution in [0, 0.1) is 6.92 Å². The Morgan fingerprint density at radius 2 is 2.00 bits per heavy atom. The minimum absolute atomic E-state index is 0.0544. The minimum Gasteiger partial charge on any atom is -0.372 e. The molecule has 112 valence electrons. The van der Waals surface area contributed by atoms with Crippen LogP contribution in [0.2, 0.25) is 5.02 Å². The Balaban J connectivity index is 2.48. The van der Waals surface area contributed by atoms with E-state index in [2.05, 4.69) is 31.0 Å². The van der Waals surface area contributed by atoms with Crippen molar-refractivity contribution in [3.63, 3.8) is 0 Å². The fourth-order valence-electron chi connectivity index (χ4n) is 1.72. The molecule has 0 saturated carbocycles. The molecule has 0 bridgehead atoms. The smallest absolute Gasteiger partial charge is 0.265 e. The number of pyridine rings is 1. The molecule has 1 heterocycles. The third-order valence-electron chi connectivity index (χ3n) is 2.79. The molecule has 0 unspecified atom stereocenters. The summed E-state index contributed by atoms with van der Waals surface area (Å²) < 4.78 is 28.2. The van der Waals surface area contributed by atoms with Crippen molar-refractivity contribution in [3.8, 4) is 0 Å². The second kappa shape index (κ2) is 6.21. The van der Waals surface area contributed by atoms with Crippen molar-refractivity contribution in [2.45, 2.75) is 11.8 Å². The molecule has 0 amide bonds. The summed E-state index contributed by atoms with van der Waals surface area (Å²) in [5.74, 6) is 0.269. The maximum absolute atomic E-state index is 12.5. The van der Waals surface area contributed by atoms with Crippen molar-refractivity contribution < 1.29 is 8.42 Å². The first-order chi connectivity index (χ1) is 9.83. The molecular weight excluding hydrogens is 378 g/mol. The van der Waals surface area contributed by atoms with Gasteiger partial charge in [-0.3, -0.25) is 4.72 Å². The van der Waals surface area contributed by atoms with Gasteiger partial charge in [-0.15, -0.1) is 0 Å². The summed E-state index contributed by atoms with van der Waals surface area (Å²) in [4.78, 5) is 4.10. The van der Waals surface area contributed by atoms with Crippen LogP contribution in [0.1, 0.15) is 5.56 Å². The van der Waals surface area contributed by atoms with Crippen LogP contribution < -0.4 is 10.0 Å². The number of sulfonamides is 1. The number of rotatable bonds is 4. The normalized spacial score (nSPS) is 11.2. The number of hydrogen-bond donors (Lipinski definition) is 2. The van der Waals surface area contributed by atoms with E-state index in [1.54, 1.807) is 32.2 Å². The molecular formula is C13H13BrClN3O2S. The predicted octanol–water partition coefficient (Wildman–Crippen LogP) is 3.65. The Hall–Kier alpha value is -1.31. The van der Waals surface area contributed by atoms with E-state index < -0.39 is 10.0 Å². The van der Waals surface area contributed by atoms with Gasteiger partial charge in [0.2, 0.25) is 0 Å². The second-order valence-electron chi connectivity index (χ2n) is 4.32. The van der Waals surface area contributed by atoms with Crippen LogP contribution in [-0.2, 0) is 10.0 Å². The van der Waals surface area contributed by atoms with Gasteiger partial charge < -0.3 is 5.32 Å². The van der Waals surface area contributed by atoms with E-state index in [0.29, 0.717) is 15.2 Å². The van der Waals surface area contributed by atoms with Gasteiger partial charge in [-0.1, -0.05) is 17.7 Å². The highest BCUT2D eigenvalue weighted by Gasteiger charge is 2.20. The highest BCUT2D eigenvalue weighted by Crippen LogP contribution is 2.27. The van der Waals surface area contributed by atoms with Gasteiger partial charge in [0.25, 0.3) is 10.0 Å². The summed E-state index contributed by atoms with van der Waals surface area (Å²) in [7, 11) is -2.17. The second-order valence-corrected chi connectivity index (χ2v) is 7.32. The van der Waals surface area contributed by atoms with Crippen LogP contribution >= 0.6 is 27.5 Å². The molecule has 0 fully saturated rings. The molecule has 2 N–H and O–H groups in total. The van der Waals surface area contributed by atoms with E-state index in [9.17, 15) is 8.42 Å². The summed E-state index contributed by atoms with van der Waals surface area (Å²) in [6, 6.07) is 6.51. The van der Waals surface area contributed by atoms with Gasteiger partial charge in [-0.2, -0.15) is 0 Å². The maximum atomic E-state index is 12.5. The molecule has 2 aromatic rings. The zero-order valence-corrected chi connectivity index (χ0v) is 14.5. The molecule has 0 radical (unpaired) electrons. The van der Waals surface area contributed by atoms with Crippen molar-refractivity contribution >= 4 is 49.1 Å². The van der Waals surface area contributed by atoms with Gasteiger partial charge >= 0.3 is 0 Å². The topological polar surface area (TPSA) is 71.1 Å². The molecule has 1 aromatic carbocycles. The average Bonchev–Trinajstić information content (AvgIpc) is 2.42. The van der Waals surface area contributed by atoms with Crippen LogP contribution in [0.3, 0.4) is 0 Å². The number of aromatic nitrogens is 1. The van der Waals surface area contributed by atoms with Crippen LogP contribution in [0.4, 0.5) is 11.5 Å². The van der Waals surface area contributed by atoms with Crippen LogP contribution in [0.25, 0.3) is 0 Å². The van der Waals surface area contributed by atoms with Crippen molar-refractivity contribution in [1.82, 2.24) is 4.98 Å². The van der Waals surface area contributed by atoms with Gasteiger partial charge in [0, 0.05) is 22.7 Å². The number of benzene rings is 1. The SMILES string of the molecule is CNc1ncc(Br)cc1S(=O)(=O)Nc1cc(Cl)ccc1C. The number of aryl methyl sites for hydroxylation is 1. The lowest BCUT2D eigenvalue weighted by atomic mass is 10.2. The lowest BCUT2D eigenvalue weighted by Gasteiger charge is -2.13. The summed E-state index contributed by atoms with van der Waals surface area (Å²) in [6.07, 6.45) is 1.52. The van der Waals surface area contributed by atoms with Crippen molar-refractivity contribution in [1.29, 1.82) is 0 Å². The van der Waals surface area contributed by atoms with Crippen LogP contribution in [-0.4, -0.2) is 20.4 Å². The Kier molecular flexibility index (Phi) is 4.75. The van der Waals surface area contributed by atoms with Gasteiger partial charge in [-0.05, 0) is 46.6 Å². The molecule has 2 rings (SSSR count). The third kappa shape index (κ3) is 3.66. The Labute approximate surface area is 136 Å². The Morgan fingerprint density at radius 3 is 2.67 bits per heavy atom. The van der Waals surface area contributed by atoms with Crippen molar-refractivity contribution in [2.24, 2.45) is 0 Å². The molecule has 8 heteroatoms. The Bertz CT molecular complexity index is 781. The molecule has 0 aliphatic carbocycles. The zero-order valence-electron chi connectivity index (χ0n) is 11.3. The predicted molar refractivity (Wildman–Crippen MR) is 88.5 cm³/mol. The van der Waals surface area contributed by atoms with E-state index in [0.717, 1.165) is 5.56 Å². The molecule has 0 aliphatic rings. The highest BCUT2D eigenvalue weighted by atomic mass is 79.9. The first-order valence-corrected chi connectivity index (χ1v) is 8.61. The largest absolute Gasteiger partial charge is 0.372 e. The van der Waals surface area contributed by atoms with Crippen molar-refractivity contribution in [3.05, 3.63) is 45.5 Å². The van der Waals surface area contributed by atoms with Gasteiger partial charge in [0.15, 0.2) is 0 Å². The highest BCUT2D eigenvalue weighted by molar-refractivity contribution is 9.10. The number of hydrogen-bond acceptors (Lipinski definition) is 4. The molecule has 1 aromatic heterocycles. The zero-order chi connectivity index (χ0) is 15.6. The number of nitrogens with zero attached hydrogens (tertiary/aromatic N) is 1. The van der Waals surface area contributed by atoms with Crippen molar-refractivity contribution in [2.75, 3.05) is 17.1 Å². The summed E-state index contributed by atoms with van der Waals surface area (Å²) in [5.41, 5.74) is 1.21. The molecule has 0 saturated heterocycles. The van der Waals surface area contributed by atoms with Crippen LogP contribution in [0.15, 0.2) is 39.8 Å². The van der Waals surface area contributed by atoms with E-state index in [1.165, 1.54) is 12.3 Å². The Morgan fingerprint density at radius 1 is 1.29 bits per heavy atom. The monoisotopic (exact) mass is 389 g/mol. The third-order valence-corrected chi connectivity index (χ3v) is 4.84. The fourth-order valence-corrected chi connectivity index (χ4v) is 3.68. The first-order valence-electron chi connectivity index (χ1n) is 5.96. The number of anilines is 2. The van der Waals surface area contributed by atoms with E-state index >= 15 is 0 Å². The quantitative estimate of drug-likeness (QED) is 0.836. The average molecular weight is 391 g/mol. The summed E-state index contributed by atoms with van der Waals surface area (Å²) in [6.45, 7) is 1.80. The minimum atomic E-state index is -3.78. The number of halogens is 2. The fraction of sp³-hybridized carbons (Fsp3) is 0.154. The van der Waals surface area contributed by atoms with E-state index in [1.807, 2.05) is 0 Å². The molecule has 0 spiro atoms. The maximum Gasteiger partial charge on any atom is 0.265 e. The van der Waals surface area contributed by atoms with Gasteiger partial charge in [0.05, 0.1) is 5.69 Å². The standard InChI is InChI=1S/C13H13BrClN3O2S/c1-8-3-4-10(15)6-11(8)18-21(19,20)12-5-9(14)7-17-13(12)16-2/h3-7,18H,1-2H3,(H,16,17). The van der Waals surface area contributed by atoms with Crippen LogP contribution in [0.5, 0.6) is 0 Å². The lowest BCUT2D eigenvalue weighted by molar-refractivity contribution is 0.601. The molecule has 0 atom stereocenters. The number of nitrogens with one attached hydrogen (secondary N) is 2. The van der Waals surface area contributed by atoms with Gasteiger partial charge in [-0.25, -0.2) is 13.4 Å². The van der Waals surface area contributed by atoms with Gasteiger partial charge in [0.1, 0.15) is 10.7 Å². The van der Waals surface area contributed by atoms with E-state index in [-0.39, 0.29) is 10.7 Å². The molecule has 21 heavy (non-hydrogen) atoms. The summed E-state index contributed by atoms with van der Waals surface area (Å²) in [5, 5.41) is 3.22.